The average Bonchev–Trinajstić information content (AvgIpc) is 2.47. The van der Waals surface area contributed by atoms with Crippen molar-refractivity contribution in [2.75, 3.05) is 7.11 Å². The zero-order valence-corrected chi connectivity index (χ0v) is 16.9. The van der Waals surface area contributed by atoms with E-state index in [9.17, 15) is 4.55 Å². The van der Waals surface area contributed by atoms with Crippen molar-refractivity contribution in [3.05, 3.63) is 23.8 Å². The van der Waals surface area contributed by atoms with Crippen LogP contribution in [0.4, 0.5) is 0 Å². The molecule has 2 aliphatic carbocycles. The summed E-state index contributed by atoms with van der Waals surface area (Å²) >= 11 is -1.13. The second-order valence-electron chi connectivity index (χ2n) is 8.63. The van der Waals surface area contributed by atoms with Crippen molar-refractivity contribution in [1.29, 1.82) is 0 Å². The number of rotatable bonds is 6. The molecule has 2 saturated carbocycles. The Hall–Kier alpha value is -0.910. The van der Waals surface area contributed by atoms with Crippen LogP contribution in [0.5, 0.6) is 11.5 Å². The lowest BCUT2D eigenvalue weighted by atomic mass is 9.55. The number of ether oxygens (including phenoxy) is 2. The fraction of sp³-hybridized carbons (Fsp3) is 0.700. The van der Waals surface area contributed by atoms with E-state index < -0.39 is 11.4 Å². The highest BCUT2D eigenvalue weighted by molar-refractivity contribution is 7.90. The number of nitrogens with one attached hydrogen (secondary N) is 1. The summed E-state index contributed by atoms with van der Waals surface area (Å²) in [5, 5.41) is 0. The third-order valence-electron chi connectivity index (χ3n) is 5.56. The molecule has 25 heavy (non-hydrogen) atoms. The van der Waals surface area contributed by atoms with E-state index >= 15 is 0 Å². The first-order valence-corrected chi connectivity index (χ1v) is 10.4. The van der Waals surface area contributed by atoms with Gasteiger partial charge in [0.15, 0.2) is 0 Å². The smallest absolute Gasteiger partial charge is 0.136 e. The van der Waals surface area contributed by atoms with Gasteiger partial charge in [-0.05, 0) is 70.9 Å². The topological polar surface area (TPSA) is 53.5 Å². The summed E-state index contributed by atoms with van der Waals surface area (Å²) in [5.74, 6) is 1.64. The number of hydrogen-bond acceptors (Lipinski definition) is 4. The molecule has 1 aromatic carbocycles. The van der Waals surface area contributed by atoms with E-state index in [4.69, 9.17) is 9.47 Å². The van der Waals surface area contributed by atoms with Crippen molar-refractivity contribution in [1.82, 2.24) is 4.72 Å². The minimum Gasteiger partial charge on any atom is -0.598 e. The van der Waals surface area contributed by atoms with E-state index in [0.29, 0.717) is 11.5 Å². The van der Waals surface area contributed by atoms with Gasteiger partial charge < -0.3 is 14.0 Å². The van der Waals surface area contributed by atoms with E-state index in [2.05, 4.69) is 4.72 Å². The van der Waals surface area contributed by atoms with E-state index in [-0.39, 0.29) is 10.8 Å². The van der Waals surface area contributed by atoms with Gasteiger partial charge in [-0.2, -0.15) is 0 Å². The average molecular weight is 366 g/mol. The van der Waals surface area contributed by atoms with Crippen LogP contribution in [-0.4, -0.2) is 22.5 Å². The fourth-order valence-corrected chi connectivity index (χ4v) is 4.56. The van der Waals surface area contributed by atoms with E-state index in [1.165, 1.54) is 32.1 Å². The molecule has 0 radical (unpaired) electrons. The predicted octanol–water partition coefficient (Wildman–Crippen LogP) is 4.52. The van der Waals surface area contributed by atoms with Crippen molar-refractivity contribution in [2.45, 2.75) is 76.7 Å². The Morgan fingerprint density at radius 1 is 1.28 bits per heavy atom. The standard InChI is InChI=1S/C20H31NO3S/c1-14(21-25(22)19(2,3)4)17-8-7-15(23-5)11-18(17)24-16-12-20(13-16)9-6-10-20/h7-8,11,14,16,21H,6,9-10,12-13H2,1-5H3/t14-,25?/m1/s1. The molecule has 140 valence electrons. The highest BCUT2D eigenvalue weighted by atomic mass is 32.2. The van der Waals surface area contributed by atoms with Crippen molar-refractivity contribution in [2.24, 2.45) is 5.41 Å². The van der Waals surface area contributed by atoms with Gasteiger partial charge in [0.25, 0.3) is 0 Å². The Kier molecular flexibility index (Phi) is 5.29. The second-order valence-corrected chi connectivity index (χ2v) is 10.6. The van der Waals surface area contributed by atoms with Crippen LogP contribution < -0.4 is 14.2 Å². The molecule has 0 amide bonds. The van der Waals surface area contributed by atoms with Gasteiger partial charge in [-0.15, -0.1) is 4.72 Å². The molecular formula is C20H31NO3S. The maximum atomic E-state index is 12.4. The van der Waals surface area contributed by atoms with Gasteiger partial charge in [-0.25, -0.2) is 0 Å². The minimum atomic E-state index is -1.13. The monoisotopic (exact) mass is 365 g/mol. The molecule has 0 aromatic heterocycles. The van der Waals surface area contributed by atoms with Gasteiger partial charge >= 0.3 is 0 Å². The highest BCUT2D eigenvalue weighted by Crippen LogP contribution is 2.56. The summed E-state index contributed by atoms with van der Waals surface area (Å²) in [6.45, 7) is 7.95. The normalized spacial score (nSPS) is 22.0. The molecule has 0 saturated heterocycles. The molecule has 1 aromatic rings. The zero-order chi connectivity index (χ0) is 18.2. The van der Waals surface area contributed by atoms with Gasteiger partial charge in [-0.3, -0.25) is 0 Å². The lowest BCUT2D eigenvalue weighted by molar-refractivity contribution is -0.0685. The zero-order valence-electron chi connectivity index (χ0n) is 16.1. The summed E-state index contributed by atoms with van der Waals surface area (Å²) in [6, 6.07) is 5.86. The molecule has 0 aliphatic heterocycles. The first kappa shape index (κ1) is 18.9. The maximum Gasteiger partial charge on any atom is 0.136 e. The molecule has 0 bridgehead atoms. The van der Waals surface area contributed by atoms with E-state index in [1.807, 2.05) is 45.9 Å². The summed E-state index contributed by atoms with van der Waals surface area (Å²) < 4.78 is 27.0. The molecular weight excluding hydrogens is 334 g/mol. The van der Waals surface area contributed by atoms with Crippen LogP contribution in [0.3, 0.4) is 0 Å². The molecule has 2 atom stereocenters. The summed E-state index contributed by atoms with van der Waals surface area (Å²) in [7, 11) is 1.67. The van der Waals surface area contributed by atoms with Gasteiger partial charge in [0, 0.05) is 23.0 Å². The van der Waals surface area contributed by atoms with E-state index in [1.54, 1.807) is 7.11 Å². The number of benzene rings is 1. The molecule has 0 heterocycles. The number of methoxy groups -OCH3 is 1. The minimum absolute atomic E-state index is 0.0568. The SMILES string of the molecule is COc1ccc([C@@H](C)N[S+]([O-])C(C)(C)C)c(OC2CC3(CCC3)C2)c1. The van der Waals surface area contributed by atoms with Crippen molar-refractivity contribution >= 4 is 11.4 Å². The molecule has 4 nitrogen and oxygen atoms in total. The molecule has 5 heteroatoms. The van der Waals surface area contributed by atoms with Crippen molar-refractivity contribution in [3.8, 4) is 11.5 Å². The Morgan fingerprint density at radius 2 is 1.96 bits per heavy atom. The Morgan fingerprint density at radius 3 is 2.48 bits per heavy atom. The molecule has 1 spiro atoms. The lowest BCUT2D eigenvalue weighted by Crippen LogP contribution is -2.48. The quantitative estimate of drug-likeness (QED) is 0.753. The molecule has 2 fully saturated rings. The van der Waals surface area contributed by atoms with Crippen molar-refractivity contribution < 1.29 is 14.0 Å². The molecule has 1 unspecified atom stereocenters. The van der Waals surface area contributed by atoms with E-state index in [0.717, 1.165) is 17.1 Å². The summed E-state index contributed by atoms with van der Waals surface area (Å²) in [5.41, 5.74) is 1.62. The van der Waals surface area contributed by atoms with Gasteiger partial charge in [-0.1, -0.05) is 6.42 Å². The largest absolute Gasteiger partial charge is 0.598 e. The van der Waals surface area contributed by atoms with Crippen LogP contribution in [0.15, 0.2) is 18.2 Å². The molecule has 1 N–H and O–H groups in total. The van der Waals surface area contributed by atoms with Crippen LogP contribution >= 0.6 is 0 Å². The third kappa shape index (κ3) is 4.09. The van der Waals surface area contributed by atoms with Gasteiger partial charge in [0.1, 0.15) is 16.2 Å². The van der Waals surface area contributed by atoms with Crippen molar-refractivity contribution in [3.63, 3.8) is 0 Å². The van der Waals surface area contributed by atoms with Gasteiger partial charge in [0.2, 0.25) is 0 Å². The van der Waals surface area contributed by atoms with Crippen LogP contribution in [-0.2, 0) is 11.4 Å². The summed E-state index contributed by atoms with van der Waals surface area (Å²) in [6.07, 6.45) is 6.72. The second kappa shape index (κ2) is 7.01. The van der Waals surface area contributed by atoms with Crippen LogP contribution in [0.2, 0.25) is 0 Å². The predicted molar refractivity (Wildman–Crippen MR) is 102 cm³/mol. The Bertz CT molecular complexity index is 601. The molecule has 2 aliphatic rings. The maximum absolute atomic E-state index is 12.4. The van der Waals surface area contributed by atoms with Crippen LogP contribution in [0.25, 0.3) is 0 Å². The van der Waals surface area contributed by atoms with Crippen LogP contribution in [0, 0.1) is 5.41 Å². The number of hydrogen-bond donors (Lipinski definition) is 1. The Balaban J connectivity index is 1.71. The molecule has 3 rings (SSSR count). The summed E-state index contributed by atoms with van der Waals surface area (Å²) in [4.78, 5) is 0. The third-order valence-corrected chi connectivity index (χ3v) is 7.24. The van der Waals surface area contributed by atoms with Gasteiger partial charge in [0.05, 0.1) is 19.3 Å². The lowest BCUT2D eigenvalue weighted by Gasteiger charge is -2.53. The first-order valence-electron chi connectivity index (χ1n) is 9.25. The highest BCUT2D eigenvalue weighted by Gasteiger charge is 2.49. The Labute approximate surface area is 155 Å². The first-order chi connectivity index (χ1) is 11.7. The van der Waals surface area contributed by atoms with Crippen LogP contribution in [0.1, 0.15) is 71.4 Å². The fourth-order valence-electron chi connectivity index (χ4n) is 3.76.